The van der Waals surface area contributed by atoms with Crippen LogP contribution in [0.15, 0.2) is 41.1 Å². The van der Waals surface area contributed by atoms with Crippen molar-refractivity contribution in [2.45, 2.75) is 18.6 Å². The molecule has 1 aliphatic rings. The highest BCUT2D eigenvalue weighted by molar-refractivity contribution is 9.10. The van der Waals surface area contributed by atoms with Crippen molar-refractivity contribution in [2.24, 2.45) is 0 Å². The maximum absolute atomic E-state index is 10.2. The number of aliphatic hydroxyl groups excluding tert-OH is 1. The first-order valence-corrected chi connectivity index (χ1v) is 7.05. The lowest BCUT2D eigenvalue weighted by Gasteiger charge is -2.29. The van der Waals surface area contributed by atoms with E-state index < -0.39 is 6.10 Å². The summed E-state index contributed by atoms with van der Waals surface area (Å²) in [4.78, 5) is 4.12. The number of halogens is 2. The predicted molar refractivity (Wildman–Crippen MR) is 76.3 cm³/mol. The first-order valence-electron chi connectivity index (χ1n) is 5.88. The topological polar surface area (TPSA) is 42.4 Å². The van der Waals surface area contributed by atoms with Gasteiger partial charge in [0.2, 0.25) is 0 Å². The second-order valence-electron chi connectivity index (χ2n) is 4.48. The summed E-state index contributed by atoms with van der Waals surface area (Å²) >= 11 is 9.32. The highest BCUT2D eigenvalue weighted by Crippen LogP contribution is 2.41. The first-order chi connectivity index (χ1) is 9.13. The Morgan fingerprint density at radius 2 is 2.16 bits per heavy atom. The summed E-state index contributed by atoms with van der Waals surface area (Å²) in [6.07, 6.45) is 3.19. The summed E-state index contributed by atoms with van der Waals surface area (Å²) in [6, 6.07) is 7.25. The molecule has 3 nitrogen and oxygen atoms in total. The number of rotatable bonds is 1. The van der Waals surface area contributed by atoms with Gasteiger partial charge in [0.1, 0.15) is 11.9 Å². The van der Waals surface area contributed by atoms with E-state index in [4.69, 9.17) is 16.3 Å². The van der Waals surface area contributed by atoms with Gasteiger partial charge in [0.15, 0.2) is 0 Å². The second kappa shape index (κ2) is 5.12. The number of hydrogen-bond acceptors (Lipinski definition) is 3. The Kier molecular flexibility index (Phi) is 3.48. The molecule has 0 aliphatic carbocycles. The molecule has 2 atom stereocenters. The molecule has 19 heavy (non-hydrogen) atoms. The number of hydrogen-bond donors (Lipinski definition) is 1. The molecule has 1 N–H and O–H groups in total. The van der Waals surface area contributed by atoms with Crippen molar-refractivity contribution >= 4 is 27.5 Å². The van der Waals surface area contributed by atoms with E-state index in [1.807, 2.05) is 6.07 Å². The van der Waals surface area contributed by atoms with Crippen molar-refractivity contribution in [1.29, 1.82) is 0 Å². The minimum atomic E-state index is -0.577. The van der Waals surface area contributed by atoms with Crippen LogP contribution in [-0.2, 0) is 0 Å². The van der Waals surface area contributed by atoms with Crippen molar-refractivity contribution in [3.05, 3.63) is 57.3 Å². The summed E-state index contributed by atoms with van der Waals surface area (Å²) in [6.45, 7) is 0. The third-order valence-corrected chi connectivity index (χ3v) is 3.80. The van der Waals surface area contributed by atoms with Gasteiger partial charge in [-0.1, -0.05) is 11.6 Å². The fourth-order valence-corrected chi connectivity index (χ4v) is 2.79. The lowest BCUT2D eigenvalue weighted by Crippen LogP contribution is -2.19. The second-order valence-corrected chi connectivity index (χ2v) is 5.83. The van der Waals surface area contributed by atoms with Crippen LogP contribution in [0.5, 0.6) is 5.75 Å². The molecule has 2 aromatic rings. The molecule has 0 saturated heterocycles. The van der Waals surface area contributed by atoms with Gasteiger partial charge in [-0.2, -0.15) is 0 Å². The molecule has 98 valence electrons. The fourth-order valence-electron chi connectivity index (χ4n) is 2.23. The summed E-state index contributed by atoms with van der Waals surface area (Å²) in [7, 11) is 0. The highest BCUT2D eigenvalue weighted by Gasteiger charge is 2.28. The van der Waals surface area contributed by atoms with Crippen LogP contribution < -0.4 is 4.74 Å². The molecule has 1 aromatic carbocycles. The van der Waals surface area contributed by atoms with Gasteiger partial charge >= 0.3 is 0 Å². The SMILES string of the molecule is OC1CC(c2cncc(Br)c2)Oc2ccc(Cl)cc21. The van der Waals surface area contributed by atoms with E-state index in [0.29, 0.717) is 17.2 Å². The molecular weight excluding hydrogens is 330 g/mol. The zero-order valence-electron chi connectivity index (χ0n) is 9.88. The maximum Gasteiger partial charge on any atom is 0.128 e. The highest BCUT2D eigenvalue weighted by atomic mass is 79.9. The van der Waals surface area contributed by atoms with Gasteiger partial charge in [-0.05, 0) is 40.2 Å². The summed E-state index contributed by atoms with van der Waals surface area (Å²) in [5, 5.41) is 10.8. The number of benzene rings is 1. The zero-order chi connectivity index (χ0) is 13.4. The molecule has 0 saturated carbocycles. The number of ether oxygens (including phenoxy) is 1. The van der Waals surface area contributed by atoms with Crippen LogP contribution in [0.3, 0.4) is 0 Å². The number of aromatic nitrogens is 1. The Morgan fingerprint density at radius 1 is 1.32 bits per heavy atom. The quantitative estimate of drug-likeness (QED) is 0.851. The van der Waals surface area contributed by atoms with Crippen molar-refractivity contribution in [3.8, 4) is 5.75 Å². The summed E-state index contributed by atoms with van der Waals surface area (Å²) in [5.74, 6) is 0.674. The van der Waals surface area contributed by atoms with Crippen molar-refractivity contribution in [1.82, 2.24) is 4.98 Å². The van der Waals surface area contributed by atoms with E-state index in [1.165, 1.54) is 0 Å². The molecule has 2 unspecified atom stereocenters. The average molecular weight is 341 g/mol. The van der Waals surface area contributed by atoms with Gasteiger partial charge in [0, 0.05) is 39.4 Å². The van der Waals surface area contributed by atoms with E-state index in [-0.39, 0.29) is 6.10 Å². The van der Waals surface area contributed by atoms with Gasteiger partial charge in [-0.25, -0.2) is 0 Å². The number of nitrogens with zero attached hydrogens (tertiary/aromatic N) is 1. The third-order valence-electron chi connectivity index (χ3n) is 3.14. The van der Waals surface area contributed by atoms with E-state index in [1.54, 1.807) is 30.6 Å². The van der Waals surface area contributed by atoms with Crippen LogP contribution in [0.2, 0.25) is 5.02 Å². The monoisotopic (exact) mass is 339 g/mol. The molecule has 0 fully saturated rings. The van der Waals surface area contributed by atoms with Gasteiger partial charge in [0.25, 0.3) is 0 Å². The normalized spacial score (nSPS) is 21.6. The molecule has 0 radical (unpaired) electrons. The molecule has 0 bridgehead atoms. The van der Waals surface area contributed by atoms with Gasteiger partial charge in [-0.3, -0.25) is 4.98 Å². The largest absolute Gasteiger partial charge is 0.485 e. The van der Waals surface area contributed by atoms with E-state index in [2.05, 4.69) is 20.9 Å². The smallest absolute Gasteiger partial charge is 0.128 e. The van der Waals surface area contributed by atoms with Crippen LogP contribution in [-0.4, -0.2) is 10.1 Å². The lowest BCUT2D eigenvalue weighted by atomic mass is 9.96. The Bertz CT molecular complexity index is 620. The first kappa shape index (κ1) is 12.9. The molecule has 0 amide bonds. The molecule has 0 spiro atoms. The van der Waals surface area contributed by atoms with Crippen molar-refractivity contribution < 1.29 is 9.84 Å². The Morgan fingerprint density at radius 3 is 2.95 bits per heavy atom. The van der Waals surface area contributed by atoms with Gasteiger partial charge < -0.3 is 9.84 Å². The zero-order valence-corrected chi connectivity index (χ0v) is 12.2. The number of aliphatic hydroxyl groups is 1. The Balaban J connectivity index is 1.95. The Labute approximate surface area is 124 Å². The van der Waals surface area contributed by atoms with Crippen LogP contribution >= 0.6 is 27.5 Å². The third kappa shape index (κ3) is 2.61. The minimum Gasteiger partial charge on any atom is -0.485 e. The van der Waals surface area contributed by atoms with E-state index in [9.17, 15) is 5.11 Å². The molecule has 3 rings (SSSR count). The van der Waals surface area contributed by atoms with E-state index in [0.717, 1.165) is 15.6 Å². The molecular formula is C14H11BrClNO2. The summed E-state index contributed by atoms with van der Waals surface area (Å²) < 4.78 is 6.81. The van der Waals surface area contributed by atoms with Crippen LogP contribution in [0.1, 0.15) is 29.8 Å². The van der Waals surface area contributed by atoms with Crippen molar-refractivity contribution in [2.75, 3.05) is 0 Å². The van der Waals surface area contributed by atoms with Gasteiger partial charge in [0.05, 0.1) is 6.10 Å². The molecule has 1 aromatic heterocycles. The predicted octanol–water partition coefficient (Wildman–Crippen LogP) is 4.05. The molecule has 1 aliphatic heterocycles. The standard InChI is InChI=1S/C14H11BrClNO2/c15-9-3-8(6-17-7-9)14-5-12(18)11-4-10(16)1-2-13(11)19-14/h1-4,6-7,12,14,18H,5H2. The number of pyridine rings is 1. The Hall–Kier alpha value is -1.10. The van der Waals surface area contributed by atoms with Crippen LogP contribution in [0, 0.1) is 0 Å². The fraction of sp³-hybridized carbons (Fsp3) is 0.214. The van der Waals surface area contributed by atoms with Crippen LogP contribution in [0.4, 0.5) is 0 Å². The lowest BCUT2D eigenvalue weighted by molar-refractivity contribution is 0.0656. The van der Waals surface area contributed by atoms with Crippen molar-refractivity contribution in [3.63, 3.8) is 0 Å². The van der Waals surface area contributed by atoms with E-state index >= 15 is 0 Å². The minimum absolute atomic E-state index is 0.200. The number of fused-ring (bicyclic) bond motifs is 1. The van der Waals surface area contributed by atoms with Crippen LogP contribution in [0.25, 0.3) is 0 Å². The molecule has 5 heteroatoms. The molecule has 2 heterocycles. The van der Waals surface area contributed by atoms with Gasteiger partial charge in [-0.15, -0.1) is 0 Å². The maximum atomic E-state index is 10.2. The average Bonchev–Trinajstić information content (AvgIpc) is 2.39. The summed E-state index contributed by atoms with van der Waals surface area (Å²) in [5.41, 5.74) is 1.68.